The van der Waals surface area contributed by atoms with Crippen molar-refractivity contribution in [3.63, 3.8) is 0 Å². The number of aromatic nitrogens is 3. The molecule has 25 aromatic rings. The van der Waals surface area contributed by atoms with Crippen LogP contribution < -0.4 is 47.7 Å². The third-order valence-corrected chi connectivity index (χ3v) is 40.5. The van der Waals surface area contributed by atoms with E-state index in [1.807, 2.05) is 109 Å². The van der Waals surface area contributed by atoms with E-state index in [-0.39, 0.29) is 5.41 Å². The van der Waals surface area contributed by atoms with Crippen LogP contribution in [0, 0.1) is 0 Å². The Morgan fingerprint density at radius 1 is 0.254 bits per heavy atom. The monoisotopic (exact) mass is 1820 g/mol. The summed E-state index contributed by atoms with van der Waals surface area (Å²) in [6.07, 6.45) is 8.95. The second kappa shape index (κ2) is 29.5. The molecule has 6 nitrogen and oxygen atoms in total. The van der Waals surface area contributed by atoms with Crippen molar-refractivity contribution in [2.45, 2.75) is 32.1 Å². The van der Waals surface area contributed by atoms with E-state index in [0.717, 1.165) is 154 Å². The zero-order chi connectivity index (χ0) is 91.3. The van der Waals surface area contributed by atoms with Crippen LogP contribution in [-0.4, -0.2) is 13.7 Å². The quantitative estimate of drug-likeness (QED) is 0.118. The van der Waals surface area contributed by atoms with Gasteiger partial charge in [0.1, 0.15) is 0 Å². The molecule has 0 saturated heterocycles. The van der Waals surface area contributed by atoms with Gasteiger partial charge in [-0.1, -0.05) is 366 Å². The van der Waals surface area contributed by atoms with E-state index >= 15 is 13.7 Å². The molecule has 3 atom stereocenters. The van der Waals surface area contributed by atoms with Crippen LogP contribution in [-0.2, 0) is 25.5 Å². The largest absolute Gasteiger partial charge is 0.309 e. The Labute approximate surface area is 797 Å². The van der Waals surface area contributed by atoms with Crippen LogP contribution in [0.15, 0.2) is 443 Å². The van der Waals surface area contributed by atoms with E-state index in [1.54, 1.807) is 0 Å². The van der Waals surface area contributed by atoms with Crippen LogP contribution in [0.4, 0.5) is 0 Å². The van der Waals surface area contributed by atoms with Crippen molar-refractivity contribution in [1.29, 1.82) is 0 Å². The molecule has 3 unspecified atom stereocenters. The summed E-state index contributed by atoms with van der Waals surface area (Å²) in [5.74, 6) is 0. The Kier molecular flexibility index (Phi) is 17.0. The molecule has 0 N–H and O–H groups in total. The van der Waals surface area contributed by atoms with Gasteiger partial charge in [0.2, 0.25) is 0 Å². The fraction of sp³-hybridized carbons (Fsp3) is 0.0388. The normalized spacial score (nSPS) is 16.8. The molecule has 648 valence electrons. The zero-order valence-corrected chi connectivity index (χ0v) is 78.2. The lowest BCUT2D eigenvalue weighted by Crippen LogP contribution is -2.20. The lowest BCUT2D eigenvalue weighted by atomic mass is 9.81. The van der Waals surface area contributed by atoms with Gasteiger partial charge in [0.05, 0.1) is 38.8 Å². The minimum absolute atomic E-state index is 0.0436. The number of hydrogen-bond acceptors (Lipinski definition) is 3. The third kappa shape index (κ3) is 11.1. The van der Waals surface area contributed by atoms with Crippen LogP contribution in [0.2, 0.25) is 0 Å². The first-order chi connectivity index (χ1) is 67.8. The smallest absolute Gasteiger partial charge is 0.172 e. The molecule has 9 heteroatoms. The number of nitrogens with zero attached hydrogens (tertiary/aromatic N) is 3. The van der Waals surface area contributed by atoms with Crippen molar-refractivity contribution in [2.24, 2.45) is 0 Å². The summed E-state index contributed by atoms with van der Waals surface area (Å²) < 4.78 is 53.1. The maximum Gasteiger partial charge on any atom is 0.172 e. The number of para-hydroxylation sites is 3. The van der Waals surface area contributed by atoms with Crippen LogP contribution in [0.5, 0.6) is 0 Å². The van der Waals surface area contributed by atoms with Gasteiger partial charge < -0.3 is 27.4 Å². The molecule has 3 aromatic heterocycles. The van der Waals surface area contributed by atoms with Crippen LogP contribution in [0.1, 0.15) is 48.1 Å². The number of allylic oxidation sites excluding steroid dienone is 3. The SMILES string of the molecule is CC1(C)c2ccccc2-c2ccc(-c3ccc4ccc(-n5c6ccccc6c6cc7c(cc65)-c5ccccc5P7(=O)c5ccccc5)cc4c3)cc21.O=P1(c2ccccc2)c2ccccc2-c2cc3c(cc21)c1ccccc1n3-c1cc2ccc3cccc4ccc(c1)c2c34.O=P1(c2ccccc2)c2ccccc2-c2cc3c(cc21)c1ccccc1n3-c1ccc2c3c4c(ccc13)C=CCC4=CC2. The van der Waals surface area contributed by atoms with Crippen molar-refractivity contribution in [3.05, 3.63) is 471 Å². The second-order valence-corrected chi connectivity index (χ2v) is 46.6. The van der Waals surface area contributed by atoms with E-state index in [1.165, 1.54) is 131 Å². The summed E-state index contributed by atoms with van der Waals surface area (Å²) in [6.45, 7) is 4.68. The lowest BCUT2D eigenvalue weighted by molar-refractivity contribution is 0.592. The first-order valence-corrected chi connectivity index (χ1v) is 52.9. The van der Waals surface area contributed by atoms with Crippen LogP contribution in [0.3, 0.4) is 0 Å². The summed E-state index contributed by atoms with van der Waals surface area (Å²) in [4.78, 5) is 0. The Hall–Kier alpha value is -16.0. The topological polar surface area (TPSA) is 66.0 Å². The summed E-state index contributed by atoms with van der Waals surface area (Å²) in [5, 5.41) is 27.9. The molecule has 0 amide bonds. The molecule has 6 heterocycles. The molecule has 31 rings (SSSR count). The van der Waals surface area contributed by atoms with Crippen molar-refractivity contribution >= 4 is 200 Å². The van der Waals surface area contributed by atoms with Gasteiger partial charge in [0.15, 0.2) is 21.4 Å². The Balaban J connectivity index is 0.000000100. The van der Waals surface area contributed by atoms with E-state index in [2.05, 4.69) is 367 Å². The molecule has 0 saturated carbocycles. The molecule has 0 radical (unpaired) electrons. The highest BCUT2D eigenvalue weighted by Crippen LogP contribution is 2.59. The molecule has 3 aliphatic heterocycles. The van der Waals surface area contributed by atoms with E-state index < -0.39 is 21.4 Å². The molecule has 0 fully saturated rings. The maximum absolute atomic E-state index is 15.4. The molecule has 0 bridgehead atoms. The van der Waals surface area contributed by atoms with Gasteiger partial charge in [-0.2, -0.15) is 0 Å². The molecule has 0 spiro atoms. The van der Waals surface area contributed by atoms with E-state index in [0.29, 0.717) is 0 Å². The summed E-state index contributed by atoms with van der Waals surface area (Å²) in [5.41, 5.74) is 30.1. The van der Waals surface area contributed by atoms with E-state index in [4.69, 9.17) is 0 Å². The number of benzene rings is 22. The summed E-state index contributed by atoms with van der Waals surface area (Å²) >= 11 is 0. The van der Waals surface area contributed by atoms with E-state index in [9.17, 15) is 0 Å². The highest BCUT2D eigenvalue weighted by atomic mass is 31.2. The standard InChI is InChI=1S/C49H34NOP.C40H24NOP.C40H26NOP/c1-49(2)43-17-9-6-14-37(43)38-25-23-33(28-44(38)49)32-21-20-31-22-24-35(27-34(31)26-32)50-45-18-10-7-15-39(45)41-30-48-42(29-46(41)50)40-16-8-11-19-47(40)52(48,51)36-12-4-3-5-13-36;42-43(30-11-2-1-3-12-30)37-16-7-5-14-32(37)34-23-36-33(24-38(34)43)31-13-4-6-15-35(31)41(36)29-21-27-19-17-25-9-8-10-26-18-20-28(22-29)40(27)39(25)26;42-43(28-11-2-1-3-12-28)37-16-7-5-14-30(37)33-23-36-32(24-38(33)43)29-13-4-6-15-34(29)41(36)35-22-20-27-18-17-25-9-8-10-26-19-21-31(35)40(27)39(25)26/h3-30H,1-2H3;1-24H;1-8,10-17,19-24H,9,18H2. The zero-order valence-electron chi connectivity index (χ0n) is 75.5. The van der Waals surface area contributed by atoms with Crippen molar-refractivity contribution in [3.8, 4) is 72.7 Å². The summed E-state index contributed by atoms with van der Waals surface area (Å²) in [6, 6.07) is 153. The number of hydrogen-bond donors (Lipinski definition) is 0. The highest BCUT2D eigenvalue weighted by molar-refractivity contribution is 7.87. The predicted molar refractivity (Wildman–Crippen MR) is 585 cm³/mol. The minimum atomic E-state index is -3.05. The van der Waals surface area contributed by atoms with Gasteiger partial charge in [-0.25, -0.2) is 0 Å². The first-order valence-electron chi connectivity index (χ1n) is 47.8. The molecular weight excluding hydrogens is 1730 g/mol. The fourth-order valence-electron chi connectivity index (χ4n) is 24.8. The fourth-order valence-corrected chi connectivity index (χ4v) is 34.0. The van der Waals surface area contributed by atoms with Gasteiger partial charge >= 0.3 is 0 Å². The van der Waals surface area contributed by atoms with Gasteiger partial charge in [0, 0.05) is 102 Å². The van der Waals surface area contributed by atoms with Crippen molar-refractivity contribution in [1.82, 2.24) is 13.7 Å². The Morgan fingerprint density at radius 3 is 1.23 bits per heavy atom. The molecule has 138 heavy (non-hydrogen) atoms. The maximum atomic E-state index is 15.4. The van der Waals surface area contributed by atoms with Gasteiger partial charge in [-0.05, 0) is 247 Å². The van der Waals surface area contributed by atoms with Crippen LogP contribution in [0.25, 0.3) is 204 Å². The second-order valence-electron chi connectivity index (χ2n) is 38.5. The number of fused-ring (bicyclic) bond motifs is 22. The Bertz CT molecular complexity index is 9880. The minimum Gasteiger partial charge on any atom is -0.309 e. The van der Waals surface area contributed by atoms with Gasteiger partial charge in [0.25, 0.3) is 0 Å². The van der Waals surface area contributed by atoms with Crippen LogP contribution >= 0.6 is 21.4 Å². The molecular formula is C129H84N3O3P3. The lowest BCUT2D eigenvalue weighted by Gasteiger charge is -2.25. The number of rotatable bonds is 7. The van der Waals surface area contributed by atoms with Crippen molar-refractivity contribution < 1.29 is 13.7 Å². The molecule has 3 aliphatic carbocycles. The summed E-state index contributed by atoms with van der Waals surface area (Å²) in [7, 11) is -9.11. The predicted octanol–water partition coefficient (Wildman–Crippen LogP) is 29.7. The van der Waals surface area contributed by atoms with Gasteiger partial charge in [-0.15, -0.1) is 0 Å². The molecule has 22 aromatic carbocycles. The van der Waals surface area contributed by atoms with Crippen molar-refractivity contribution in [2.75, 3.05) is 0 Å². The first kappa shape index (κ1) is 79.4. The average Bonchev–Trinajstić information content (AvgIpc) is 1.53. The van der Waals surface area contributed by atoms with Gasteiger partial charge in [-0.3, -0.25) is 0 Å². The third-order valence-electron chi connectivity index (χ3n) is 31.1. The highest BCUT2D eigenvalue weighted by Gasteiger charge is 2.45. The Morgan fingerprint density at radius 2 is 0.681 bits per heavy atom. The average molecular weight is 1820 g/mol. The molecule has 6 aliphatic rings.